The molecule has 0 aliphatic carbocycles. The largest absolute Gasteiger partial charge is 0.508 e. The van der Waals surface area contributed by atoms with Gasteiger partial charge in [0.05, 0.1) is 18.1 Å². The number of hydrogen-bond acceptors (Lipinski definition) is 3. The van der Waals surface area contributed by atoms with E-state index < -0.39 is 0 Å². The molecule has 16 heavy (non-hydrogen) atoms. The van der Waals surface area contributed by atoms with Gasteiger partial charge in [-0.15, -0.1) is 0 Å². The summed E-state index contributed by atoms with van der Waals surface area (Å²) in [7, 11) is 0. The Balaban J connectivity index is 2.08. The average Bonchev–Trinajstić information content (AvgIpc) is 2.77. The van der Waals surface area contributed by atoms with Crippen LogP contribution in [0.15, 0.2) is 30.6 Å². The minimum absolute atomic E-state index is 0.00352. The first-order valence-electron chi connectivity index (χ1n) is 5.39. The van der Waals surface area contributed by atoms with Crippen LogP contribution in [0.4, 0.5) is 0 Å². The topological polar surface area (TPSA) is 60.9 Å². The second kappa shape index (κ2) is 3.64. The maximum absolute atomic E-state index is 9.85. The number of phenols is 1. The third kappa shape index (κ3) is 1.39. The fourth-order valence-corrected chi connectivity index (χ4v) is 2.21. The van der Waals surface area contributed by atoms with Gasteiger partial charge in [0.2, 0.25) is 0 Å². The van der Waals surface area contributed by atoms with Gasteiger partial charge in [0, 0.05) is 24.2 Å². The van der Waals surface area contributed by atoms with Crippen LogP contribution in [0.2, 0.25) is 0 Å². The molecule has 0 unspecified atom stereocenters. The highest BCUT2D eigenvalue weighted by atomic mass is 16.3. The second-order valence-electron chi connectivity index (χ2n) is 3.96. The van der Waals surface area contributed by atoms with E-state index in [2.05, 4.69) is 15.3 Å². The molecule has 0 bridgehead atoms. The summed E-state index contributed by atoms with van der Waals surface area (Å²) in [6.07, 6.45) is 2.67. The number of phenolic OH excluding ortho intramolecular Hbond substituents is 1. The highest BCUT2D eigenvalue weighted by Crippen LogP contribution is 2.31. The van der Waals surface area contributed by atoms with Crippen molar-refractivity contribution in [2.45, 2.75) is 12.5 Å². The highest BCUT2D eigenvalue weighted by molar-refractivity contribution is 5.40. The number of aromatic amines is 1. The van der Waals surface area contributed by atoms with E-state index >= 15 is 0 Å². The maximum Gasteiger partial charge on any atom is 0.120 e. The number of aromatic hydroxyl groups is 1. The van der Waals surface area contributed by atoms with Crippen molar-refractivity contribution < 1.29 is 5.11 Å². The molecule has 2 aromatic rings. The smallest absolute Gasteiger partial charge is 0.120 e. The molecule has 1 atom stereocenters. The Morgan fingerprint density at radius 1 is 1.31 bits per heavy atom. The number of hydrogen-bond donors (Lipinski definition) is 3. The van der Waals surface area contributed by atoms with Gasteiger partial charge in [0.25, 0.3) is 0 Å². The molecule has 3 N–H and O–H groups in total. The molecule has 82 valence electrons. The van der Waals surface area contributed by atoms with Crippen LogP contribution in [0.5, 0.6) is 5.75 Å². The molecular formula is C12H13N3O. The lowest BCUT2D eigenvalue weighted by Gasteiger charge is -2.23. The van der Waals surface area contributed by atoms with Crippen LogP contribution < -0.4 is 5.32 Å². The monoisotopic (exact) mass is 215 g/mol. The van der Waals surface area contributed by atoms with Crippen LogP contribution in [0.25, 0.3) is 0 Å². The average molecular weight is 215 g/mol. The summed E-state index contributed by atoms with van der Waals surface area (Å²) >= 11 is 0. The van der Waals surface area contributed by atoms with Crippen LogP contribution >= 0.6 is 0 Å². The quantitative estimate of drug-likeness (QED) is 0.673. The zero-order valence-corrected chi connectivity index (χ0v) is 8.77. The van der Waals surface area contributed by atoms with Crippen molar-refractivity contribution in [1.82, 2.24) is 15.3 Å². The number of benzene rings is 1. The first kappa shape index (κ1) is 9.42. The molecule has 1 aromatic carbocycles. The fourth-order valence-electron chi connectivity index (χ4n) is 2.21. The van der Waals surface area contributed by atoms with Gasteiger partial charge in [-0.1, -0.05) is 18.2 Å². The number of imidazole rings is 1. The normalized spacial score (nSPS) is 19.4. The summed E-state index contributed by atoms with van der Waals surface area (Å²) in [5.74, 6) is 0.316. The lowest BCUT2D eigenvalue weighted by atomic mass is 9.97. The molecule has 2 heterocycles. The second-order valence-corrected chi connectivity index (χ2v) is 3.96. The van der Waals surface area contributed by atoms with Crippen molar-refractivity contribution in [3.05, 3.63) is 47.5 Å². The number of aromatic nitrogens is 2. The lowest BCUT2D eigenvalue weighted by molar-refractivity contribution is 0.452. The number of rotatable bonds is 1. The van der Waals surface area contributed by atoms with Crippen molar-refractivity contribution in [2.24, 2.45) is 0 Å². The Morgan fingerprint density at radius 3 is 3.06 bits per heavy atom. The fraction of sp³-hybridized carbons (Fsp3) is 0.250. The zero-order chi connectivity index (χ0) is 11.0. The molecule has 0 spiro atoms. The number of nitrogens with zero attached hydrogens (tertiary/aromatic N) is 1. The summed E-state index contributed by atoms with van der Waals surface area (Å²) in [6, 6.07) is 7.38. The van der Waals surface area contributed by atoms with Crippen LogP contribution in [-0.4, -0.2) is 21.6 Å². The molecule has 0 saturated carbocycles. The Bertz CT molecular complexity index is 506. The molecule has 4 nitrogen and oxygen atoms in total. The third-order valence-corrected chi connectivity index (χ3v) is 3.00. The molecule has 0 saturated heterocycles. The molecule has 0 amide bonds. The van der Waals surface area contributed by atoms with E-state index in [1.165, 1.54) is 0 Å². The highest BCUT2D eigenvalue weighted by Gasteiger charge is 2.25. The van der Waals surface area contributed by atoms with E-state index in [1.54, 1.807) is 12.4 Å². The van der Waals surface area contributed by atoms with Crippen molar-refractivity contribution >= 4 is 0 Å². The SMILES string of the molecule is Oc1ccccc1[C@H]1NCCc2[nH]cnc21. The van der Waals surface area contributed by atoms with Gasteiger partial charge in [-0.2, -0.15) is 0 Å². The Labute approximate surface area is 93.4 Å². The molecule has 4 heteroatoms. The molecule has 0 radical (unpaired) electrons. The number of fused-ring (bicyclic) bond motifs is 1. The summed E-state index contributed by atoms with van der Waals surface area (Å²) in [4.78, 5) is 7.47. The van der Waals surface area contributed by atoms with E-state index in [0.717, 1.165) is 29.9 Å². The standard InChI is InChI=1S/C12H13N3O/c16-10-4-2-1-3-8(10)11-12-9(5-6-13-11)14-7-15-12/h1-4,7,11,13,16H,5-6H2,(H,14,15)/t11-/m1/s1. The van der Waals surface area contributed by atoms with Gasteiger partial charge in [0.15, 0.2) is 0 Å². The lowest BCUT2D eigenvalue weighted by Crippen LogP contribution is -2.30. The molecule has 1 aliphatic rings. The van der Waals surface area contributed by atoms with E-state index in [1.807, 2.05) is 18.2 Å². The van der Waals surface area contributed by atoms with Crippen molar-refractivity contribution in [3.8, 4) is 5.75 Å². The van der Waals surface area contributed by atoms with Crippen molar-refractivity contribution in [3.63, 3.8) is 0 Å². The van der Waals surface area contributed by atoms with Gasteiger partial charge >= 0.3 is 0 Å². The maximum atomic E-state index is 9.85. The zero-order valence-electron chi connectivity index (χ0n) is 8.77. The van der Waals surface area contributed by atoms with E-state index in [-0.39, 0.29) is 6.04 Å². The molecule has 3 rings (SSSR count). The van der Waals surface area contributed by atoms with Gasteiger partial charge in [-0.25, -0.2) is 4.98 Å². The van der Waals surface area contributed by atoms with Crippen molar-refractivity contribution in [1.29, 1.82) is 0 Å². The van der Waals surface area contributed by atoms with Crippen LogP contribution in [0.3, 0.4) is 0 Å². The van der Waals surface area contributed by atoms with E-state index in [0.29, 0.717) is 5.75 Å². The third-order valence-electron chi connectivity index (χ3n) is 3.00. The summed E-state index contributed by atoms with van der Waals surface area (Å²) in [6.45, 7) is 0.897. The van der Waals surface area contributed by atoms with Gasteiger partial charge in [-0.05, 0) is 6.07 Å². The predicted octanol–water partition coefficient (Wildman–Crippen LogP) is 1.35. The Hall–Kier alpha value is -1.81. The van der Waals surface area contributed by atoms with Gasteiger partial charge in [0.1, 0.15) is 5.75 Å². The number of para-hydroxylation sites is 1. The first-order valence-corrected chi connectivity index (χ1v) is 5.39. The van der Waals surface area contributed by atoms with E-state index in [9.17, 15) is 5.11 Å². The minimum Gasteiger partial charge on any atom is -0.508 e. The number of H-pyrrole nitrogens is 1. The van der Waals surface area contributed by atoms with Gasteiger partial charge < -0.3 is 15.4 Å². The van der Waals surface area contributed by atoms with Crippen molar-refractivity contribution in [2.75, 3.05) is 6.54 Å². The number of nitrogens with one attached hydrogen (secondary N) is 2. The predicted molar refractivity (Wildman–Crippen MR) is 60.2 cm³/mol. The van der Waals surface area contributed by atoms with Crippen LogP contribution in [-0.2, 0) is 6.42 Å². The summed E-state index contributed by atoms with van der Waals surface area (Å²) in [5.41, 5.74) is 3.04. The molecular weight excluding hydrogens is 202 g/mol. The summed E-state index contributed by atoms with van der Waals surface area (Å²) < 4.78 is 0. The Kier molecular flexibility index (Phi) is 2.15. The van der Waals surface area contributed by atoms with Crippen LogP contribution in [0.1, 0.15) is 23.0 Å². The minimum atomic E-state index is -0.00352. The van der Waals surface area contributed by atoms with Crippen LogP contribution in [0, 0.1) is 0 Å². The molecule has 1 aromatic heterocycles. The summed E-state index contributed by atoms with van der Waals surface area (Å²) in [5, 5.41) is 13.2. The first-order chi connectivity index (χ1) is 7.86. The molecule has 0 fully saturated rings. The van der Waals surface area contributed by atoms with E-state index in [4.69, 9.17) is 0 Å². The molecule has 1 aliphatic heterocycles. The Morgan fingerprint density at radius 2 is 2.19 bits per heavy atom. The van der Waals surface area contributed by atoms with Gasteiger partial charge in [-0.3, -0.25) is 0 Å².